The van der Waals surface area contributed by atoms with Crippen molar-refractivity contribution in [2.24, 2.45) is 0 Å². The van der Waals surface area contributed by atoms with Crippen LogP contribution < -0.4 is 5.32 Å². The fraction of sp³-hybridized carbons (Fsp3) is 0.167. The molecule has 0 bridgehead atoms. The number of fused-ring (bicyclic) bond motifs is 1. The van der Waals surface area contributed by atoms with Gasteiger partial charge in [0.2, 0.25) is 5.91 Å². The molecule has 1 atom stereocenters. The monoisotopic (exact) mass is 356 g/mol. The number of hydrogen-bond acceptors (Lipinski definition) is 4. The lowest BCUT2D eigenvalue weighted by atomic mass is 9.85. The number of anilines is 1. The molecule has 0 saturated carbocycles. The molecule has 0 aliphatic carbocycles. The number of ketones is 1. The maximum atomic E-state index is 13.1. The minimum atomic E-state index is -1.50. The smallest absolute Gasteiger partial charge is 0.250 e. The molecule has 1 aliphatic heterocycles. The third-order valence-electron chi connectivity index (χ3n) is 4.13. The van der Waals surface area contributed by atoms with Crippen molar-refractivity contribution in [2.75, 3.05) is 5.32 Å². The van der Waals surface area contributed by atoms with E-state index < -0.39 is 10.7 Å². The van der Waals surface area contributed by atoms with Crippen LogP contribution >= 0.6 is 23.4 Å². The van der Waals surface area contributed by atoms with Crippen LogP contribution in [0, 0.1) is 17.6 Å². The van der Waals surface area contributed by atoms with Crippen molar-refractivity contribution < 1.29 is 9.59 Å². The van der Waals surface area contributed by atoms with Gasteiger partial charge in [-0.3, -0.25) is 9.59 Å². The maximum absolute atomic E-state index is 13.1. The standard InChI is InChI=1S/C18H13ClN2O2S/c1-11-14(19)8-7-13-15(11)21-17(23)18(16(13)22,24-10-20)9-12-5-3-2-4-6-12/h2-8H,9H2,1H3,(H,21,23). The molecule has 2 aromatic rings. The van der Waals surface area contributed by atoms with Gasteiger partial charge in [-0.15, -0.1) is 0 Å². The average Bonchev–Trinajstić information content (AvgIpc) is 2.58. The Morgan fingerprint density at radius 3 is 2.58 bits per heavy atom. The third kappa shape index (κ3) is 2.58. The van der Waals surface area contributed by atoms with Crippen molar-refractivity contribution in [2.45, 2.75) is 18.1 Å². The largest absolute Gasteiger partial charge is 0.323 e. The SMILES string of the molecule is Cc1c(Cl)ccc2c1NC(=O)C(Cc1ccccc1)(SC#N)C2=O. The highest BCUT2D eigenvalue weighted by molar-refractivity contribution is 8.06. The fourth-order valence-corrected chi connectivity index (χ4v) is 3.72. The van der Waals surface area contributed by atoms with Crippen molar-refractivity contribution >= 4 is 40.7 Å². The summed E-state index contributed by atoms with van der Waals surface area (Å²) in [6.07, 6.45) is 0.151. The van der Waals surface area contributed by atoms with Gasteiger partial charge in [-0.25, -0.2) is 0 Å². The predicted molar refractivity (Wildman–Crippen MR) is 95.2 cm³/mol. The summed E-state index contributed by atoms with van der Waals surface area (Å²) in [7, 11) is 0. The second-order valence-electron chi connectivity index (χ2n) is 5.56. The molecule has 6 heteroatoms. The Bertz CT molecular complexity index is 877. The Morgan fingerprint density at radius 1 is 1.21 bits per heavy atom. The zero-order chi connectivity index (χ0) is 17.3. The Kier molecular flexibility index (Phi) is 4.35. The van der Waals surface area contributed by atoms with Gasteiger partial charge < -0.3 is 5.32 Å². The van der Waals surface area contributed by atoms with Gasteiger partial charge in [-0.2, -0.15) is 5.26 Å². The van der Waals surface area contributed by atoms with E-state index in [4.69, 9.17) is 11.6 Å². The Morgan fingerprint density at radius 2 is 1.92 bits per heavy atom. The first kappa shape index (κ1) is 16.6. The Balaban J connectivity index is 2.13. The molecule has 0 radical (unpaired) electrons. The number of benzene rings is 2. The van der Waals surface area contributed by atoms with E-state index in [1.165, 1.54) is 0 Å². The van der Waals surface area contributed by atoms with Crippen molar-refractivity contribution in [1.29, 1.82) is 5.26 Å². The van der Waals surface area contributed by atoms with Crippen LogP contribution in [0.15, 0.2) is 42.5 Å². The molecule has 0 fully saturated rings. The number of halogens is 1. The Labute approximate surface area is 148 Å². The molecule has 3 rings (SSSR count). The van der Waals surface area contributed by atoms with Crippen LogP contribution in [0.5, 0.6) is 0 Å². The molecule has 0 spiro atoms. The van der Waals surface area contributed by atoms with Crippen molar-refractivity contribution in [3.05, 3.63) is 64.2 Å². The van der Waals surface area contributed by atoms with E-state index in [2.05, 4.69) is 5.32 Å². The van der Waals surface area contributed by atoms with E-state index in [9.17, 15) is 14.9 Å². The zero-order valence-electron chi connectivity index (χ0n) is 12.8. The first-order chi connectivity index (χ1) is 11.5. The first-order valence-electron chi connectivity index (χ1n) is 7.26. The van der Waals surface area contributed by atoms with E-state index in [0.29, 0.717) is 33.6 Å². The van der Waals surface area contributed by atoms with Gasteiger partial charge in [0.15, 0.2) is 10.5 Å². The summed E-state index contributed by atoms with van der Waals surface area (Å²) in [5.74, 6) is -0.850. The molecule has 24 heavy (non-hydrogen) atoms. The molecule has 1 amide bonds. The molecular formula is C18H13ClN2O2S. The molecule has 0 saturated heterocycles. The predicted octanol–water partition coefficient (Wildman–Crippen LogP) is 3.98. The Hall–Kier alpha value is -2.29. The van der Waals surface area contributed by atoms with Gasteiger partial charge in [0.25, 0.3) is 0 Å². The summed E-state index contributed by atoms with van der Waals surface area (Å²) in [6.45, 7) is 1.75. The van der Waals surface area contributed by atoms with Gasteiger partial charge in [-0.05, 0) is 41.9 Å². The molecule has 4 nitrogen and oxygen atoms in total. The van der Waals surface area contributed by atoms with Crippen LogP contribution in [-0.4, -0.2) is 16.4 Å². The fourth-order valence-electron chi connectivity index (χ4n) is 2.82. The van der Waals surface area contributed by atoms with Crippen LogP contribution in [0.4, 0.5) is 5.69 Å². The van der Waals surface area contributed by atoms with E-state index in [-0.39, 0.29) is 12.2 Å². The minimum absolute atomic E-state index is 0.151. The highest BCUT2D eigenvalue weighted by Gasteiger charge is 2.51. The van der Waals surface area contributed by atoms with Crippen LogP contribution in [-0.2, 0) is 11.2 Å². The van der Waals surface area contributed by atoms with Gasteiger partial charge in [0.05, 0.1) is 5.69 Å². The minimum Gasteiger partial charge on any atom is -0.323 e. The quantitative estimate of drug-likeness (QED) is 0.667. The molecule has 2 aromatic carbocycles. The van der Waals surface area contributed by atoms with Crippen LogP contribution in [0.3, 0.4) is 0 Å². The number of amides is 1. The highest BCUT2D eigenvalue weighted by atomic mass is 35.5. The molecule has 120 valence electrons. The number of thiocyanates is 1. The van der Waals surface area contributed by atoms with E-state index >= 15 is 0 Å². The summed E-state index contributed by atoms with van der Waals surface area (Å²) in [5.41, 5.74) is 2.28. The number of carbonyl (C=O) groups excluding carboxylic acids is 2. The number of nitriles is 1. The highest BCUT2D eigenvalue weighted by Crippen LogP contribution is 2.41. The summed E-state index contributed by atoms with van der Waals surface area (Å²) in [5, 5.41) is 14.4. The van der Waals surface area contributed by atoms with Crippen LogP contribution in [0.25, 0.3) is 0 Å². The molecular weight excluding hydrogens is 344 g/mol. The lowest BCUT2D eigenvalue weighted by molar-refractivity contribution is -0.117. The van der Waals surface area contributed by atoms with Crippen LogP contribution in [0.2, 0.25) is 5.02 Å². The number of hydrogen-bond donors (Lipinski definition) is 1. The third-order valence-corrected chi connectivity index (χ3v) is 5.50. The molecule has 1 unspecified atom stereocenters. The average molecular weight is 357 g/mol. The number of rotatable bonds is 3. The summed E-state index contributed by atoms with van der Waals surface area (Å²) in [6, 6.07) is 12.4. The van der Waals surface area contributed by atoms with Gasteiger partial charge >= 0.3 is 0 Å². The number of nitrogens with zero attached hydrogens (tertiary/aromatic N) is 1. The number of nitrogens with one attached hydrogen (secondary N) is 1. The van der Waals surface area contributed by atoms with Gasteiger partial charge in [0, 0.05) is 17.0 Å². The number of thioether (sulfide) groups is 1. The molecule has 1 heterocycles. The van der Waals surface area contributed by atoms with Crippen LogP contribution in [0.1, 0.15) is 21.5 Å². The summed E-state index contributed by atoms with van der Waals surface area (Å²) >= 11 is 6.78. The first-order valence-corrected chi connectivity index (χ1v) is 8.45. The van der Waals surface area contributed by atoms with Crippen molar-refractivity contribution in [3.8, 4) is 5.40 Å². The molecule has 1 N–H and O–H groups in total. The lowest BCUT2D eigenvalue weighted by Gasteiger charge is -2.33. The van der Waals surface area contributed by atoms with E-state index in [1.54, 1.807) is 19.1 Å². The molecule has 1 aliphatic rings. The summed E-state index contributed by atoms with van der Waals surface area (Å²) < 4.78 is -1.50. The molecule has 0 aromatic heterocycles. The second kappa shape index (κ2) is 6.31. The van der Waals surface area contributed by atoms with E-state index in [1.807, 2.05) is 35.7 Å². The topological polar surface area (TPSA) is 70.0 Å². The summed E-state index contributed by atoms with van der Waals surface area (Å²) in [4.78, 5) is 25.9. The van der Waals surface area contributed by atoms with Crippen molar-refractivity contribution in [1.82, 2.24) is 0 Å². The zero-order valence-corrected chi connectivity index (χ0v) is 14.4. The number of Topliss-reactive ketones (excluding diaryl/α,β-unsaturated/α-hetero) is 1. The van der Waals surface area contributed by atoms with Gasteiger partial charge in [0.1, 0.15) is 5.40 Å². The lowest BCUT2D eigenvalue weighted by Crippen LogP contribution is -2.52. The van der Waals surface area contributed by atoms with Gasteiger partial charge in [-0.1, -0.05) is 41.9 Å². The normalized spacial score (nSPS) is 19.4. The van der Waals surface area contributed by atoms with E-state index in [0.717, 1.165) is 5.56 Å². The van der Waals surface area contributed by atoms with Crippen molar-refractivity contribution in [3.63, 3.8) is 0 Å². The number of carbonyl (C=O) groups is 2. The second-order valence-corrected chi connectivity index (χ2v) is 7.05. The maximum Gasteiger partial charge on any atom is 0.250 e.